The maximum atomic E-state index is 12.6. The van der Waals surface area contributed by atoms with Gasteiger partial charge < -0.3 is 4.42 Å². The van der Waals surface area contributed by atoms with E-state index in [4.69, 9.17) is 33.0 Å². The first-order chi connectivity index (χ1) is 15.0. The summed E-state index contributed by atoms with van der Waals surface area (Å²) in [6.45, 7) is 0. The van der Waals surface area contributed by atoms with Crippen molar-refractivity contribution >= 4 is 63.6 Å². The first-order valence-electron chi connectivity index (χ1n) is 9.22. The molecule has 0 atom stereocenters. The Hall–Kier alpha value is -3.06. The molecule has 0 bridgehead atoms. The summed E-state index contributed by atoms with van der Waals surface area (Å²) in [7, 11) is 0. The molecule has 8 heteroatoms. The number of furan rings is 1. The second-order valence-corrected chi connectivity index (χ2v) is 8.43. The van der Waals surface area contributed by atoms with E-state index >= 15 is 0 Å². The van der Waals surface area contributed by atoms with Crippen molar-refractivity contribution < 1.29 is 9.21 Å². The molecule has 2 aromatic carbocycles. The standard InChI is InChI=1S/C23H13Cl2N3O2S/c24-14-6-8-18(25)16(10-14)20-9-7-15(30-20)11-17-21(26)28-19(13-4-2-1-3-5-13)12-31-23(28)27-22(17)29/h1-12,26H/b17-11-,26-21?. The molecule has 0 unspecified atom stereocenters. The van der Waals surface area contributed by atoms with Crippen LogP contribution in [0, 0.1) is 5.41 Å². The molecule has 0 spiro atoms. The Bertz CT molecular complexity index is 1330. The number of amides is 1. The highest BCUT2D eigenvalue weighted by Gasteiger charge is 2.36. The van der Waals surface area contributed by atoms with Gasteiger partial charge in [-0.3, -0.25) is 15.1 Å². The lowest BCUT2D eigenvalue weighted by Crippen LogP contribution is -2.37. The number of rotatable bonds is 3. The van der Waals surface area contributed by atoms with Gasteiger partial charge in [0.2, 0.25) is 0 Å². The number of nitrogens with zero attached hydrogens (tertiary/aromatic N) is 2. The van der Waals surface area contributed by atoms with Gasteiger partial charge in [-0.25, -0.2) is 0 Å². The number of nitrogens with one attached hydrogen (secondary N) is 1. The normalized spacial score (nSPS) is 17.1. The number of amidine groups is 2. The highest BCUT2D eigenvalue weighted by atomic mass is 35.5. The molecule has 0 aliphatic carbocycles. The fourth-order valence-electron chi connectivity index (χ4n) is 3.32. The average molecular weight is 466 g/mol. The van der Waals surface area contributed by atoms with E-state index in [9.17, 15) is 4.79 Å². The van der Waals surface area contributed by atoms with Crippen LogP contribution < -0.4 is 0 Å². The number of carbonyl (C=O) groups is 1. The van der Waals surface area contributed by atoms with E-state index in [1.807, 2.05) is 35.7 Å². The molecule has 5 nitrogen and oxygen atoms in total. The summed E-state index contributed by atoms with van der Waals surface area (Å²) in [6.07, 6.45) is 1.53. The maximum Gasteiger partial charge on any atom is 0.283 e. The molecule has 0 saturated heterocycles. The quantitative estimate of drug-likeness (QED) is 0.444. The van der Waals surface area contributed by atoms with Gasteiger partial charge in [-0.1, -0.05) is 65.3 Å². The second kappa shape index (κ2) is 7.89. The van der Waals surface area contributed by atoms with E-state index < -0.39 is 5.91 Å². The number of benzene rings is 2. The molecule has 1 aromatic heterocycles. The third-order valence-corrected chi connectivity index (χ3v) is 6.18. The zero-order chi connectivity index (χ0) is 21.5. The van der Waals surface area contributed by atoms with E-state index in [0.29, 0.717) is 32.3 Å². The first-order valence-corrected chi connectivity index (χ1v) is 10.9. The molecular weight excluding hydrogens is 453 g/mol. The van der Waals surface area contributed by atoms with Gasteiger partial charge in [-0.05, 0) is 42.0 Å². The van der Waals surface area contributed by atoms with E-state index in [1.54, 1.807) is 35.2 Å². The number of carbonyl (C=O) groups excluding carboxylic acids is 1. The summed E-state index contributed by atoms with van der Waals surface area (Å²) in [5.41, 5.74) is 2.54. The number of halogens is 2. The Morgan fingerprint density at radius 2 is 1.87 bits per heavy atom. The van der Waals surface area contributed by atoms with Crippen LogP contribution in [0.15, 0.2) is 81.1 Å². The van der Waals surface area contributed by atoms with Gasteiger partial charge in [0.05, 0.1) is 16.3 Å². The van der Waals surface area contributed by atoms with Crippen LogP contribution in [0.25, 0.3) is 23.1 Å². The molecule has 3 aromatic rings. The zero-order valence-corrected chi connectivity index (χ0v) is 18.1. The fourth-order valence-corrected chi connectivity index (χ4v) is 4.59. The van der Waals surface area contributed by atoms with E-state index in [0.717, 1.165) is 11.3 Å². The van der Waals surface area contributed by atoms with Crippen molar-refractivity contribution in [2.75, 3.05) is 0 Å². The molecule has 1 N–H and O–H groups in total. The maximum absolute atomic E-state index is 12.6. The molecule has 31 heavy (non-hydrogen) atoms. The molecule has 1 amide bonds. The van der Waals surface area contributed by atoms with Crippen molar-refractivity contribution in [1.29, 1.82) is 5.41 Å². The van der Waals surface area contributed by atoms with E-state index in [2.05, 4.69) is 4.99 Å². The Labute approximate surface area is 192 Å². The predicted octanol–water partition coefficient (Wildman–Crippen LogP) is 6.56. The molecule has 152 valence electrons. The second-order valence-electron chi connectivity index (χ2n) is 6.75. The van der Waals surface area contributed by atoms with Crippen molar-refractivity contribution in [3.63, 3.8) is 0 Å². The van der Waals surface area contributed by atoms with Crippen molar-refractivity contribution in [2.24, 2.45) is 4.99 Å². The molecule has 0 fully saturated rings. The third kappa shape index (κ3) is 3.63. The van der Waals surface area contributed by atoms with Crippen LogP contribution in [-0.2, 0) is 4.79 Å². The minimum atomic E-state index is -0.481. The van der Waals surface area contributed by atoms with Crippen molar-refractivity contribution in [3.05, 3.63) is 93.0 Å². The van der Waals surface area contributed by atoms with Crippen LogP contribution in [-0.4, -0.2) is 21.8 Å². The highest BCUT2D eigenvalue weighted by molar-refractivity contribution is 8.17. The summed E-state index contributed by atoms with van der Waals surface area (Å²) in [5.74, 6) is 0.494. The largest absolute Gasteiger partial charge is 0.457 e. The highest BCUT2D eigenvalue weighted by Crippen LogP contribution is 2.38. The lowest BCUT2D eigenvalue weighted by atomic mass is 10.1. The van der Waals surface area contributed by atoms with Crippen molar-refractivity contribution in [2.45, 2.75) is 0 Å². The predicted molar refractivity (Wildman–Crippen MR) is 126 cm³/mol. The third-order valence-electron chi connectivity index (χ3n) is 4.79. The van der Waals surface area contributed by atoms with Crippen molar-refractivity contribution in [1.82, 2.24) is 4.90 Å². The van der Waals surface area contributed by atoms with Crippen LogP contribution in [0.3, 0.4) is 0 Å². The van der Waals surface area contributed by atoms with Gasteiger partial charge in [-0.15, -0.1) is 0 Å². The summed E-state index contributed by atoms with van der Waals surface area (Å²) in [6, 6.07) is 18.3. The van der Waals surface area contributed by atoms with Crippen LogP contribution in [0.1, 0.15) is 11.3 Å². The Morgan fingerprint density at radius 1 is 1.06 bits per heavy atom. The molecule has 0 saturated carbocycles. The fraction of sp³-hybridized carbons (Fsp3) is 0. The van der Waals surface area contributed by atoms with Crippen LogP contribution in [0.4, 0.5) is 0 Å². The minimum Gasteiger partial charge on any atom is -0.457 e. The molecule has 2 aliphatic rings. The van der Waals surface area contributed by atoms with Crippen molar-refractivity contribution in [3.8, 4) is 11.3 Å². The van der Waals surface area contributed by atoms with Gasteiger partial charge in [-0.2, -0.15) is 4.99 Å². The Balaban J connectivity index is 1.50. The summed E-state index contributed by atoms with van der Waals surface area (Å²) >= 11 is 13.7. The first kappa shape index (κ1) is 19.9. The number of thioether (sulfide) groups is 1. The van der Waals surface area contributed by atoms with Gasteiger partial charge >= 0.3 is 0 Å². The number of aliphatic imine (C=N–C) groups is 1. The molecular formula is C23H13Cl2N3O2S. The number of hydrogen-bond acceptors (Lipinski definition) is 4. The minimum absolute atomic E-state index is 0.0499. The lowest BCUT2D eigenvalue weighted by Gasteiger charge is -2.26. The summed E-state index contributed by atoms with van der Waals surface area (Å²) in [5, 5.41) is 12.1. The molecule has 3 heterocycles. The number of hydrogen-bond donors (Lipinski definition) is 1. The van der Waals surface area contributed by atoms with Crippen LogP contribution >= 0.6 is 35.0 Å². The topological polar surface area (TPSA) is 69.7 Å². The molecule has 2 aliphatic heterocycles. The molecule has 5 rings (SSSR count). The monoisotopic (exact) mass is 465 g/mol. The molecule has 0 radical (unpaired) electrons. The zero-order valence-electron chi connectivity index (χ0n) is 15.8. The number of fused-ring (bicyclic) bond motifs is 1. The van der Waals surface area contributed by atoms with Gasteiger partial charge in [0, 0.05) is 16.0 Å². The Morgan fingerprint density at radius 3 is 2.68 bits per heavy atom. The summed E-state index contributed by atoms with van der Waals surface area (Å²) < 4.78 is 5.87. The lowest BCUT2D eigenvalue weighted by molar-refractivity contribution is -0.114. The van der Waals surface area contributed by atoms with E-state index in [-0.39, 0.29) is 11.4 Å². The van der Waals surface area contributed by atoms with E-state index in [1.165, 1.54) is 17.8 Å². The van der Waals surface area contributed by atoms with Gasteiger partial charge in [0.25, 0.3) is 5.91 Å². The SMILES string of the molecule is N=C1/C(=C/c2ccc(-c3cc(Cl)ccc3Cl)o2)C(=O)N=C2SC=C(c3ccccc3)N12. The van der Waals surface area contributed by atoms with Gasteiger partial charge in [0.15, 0.2) is 5.17 Å². The smallest absolute Gasteiger partial charge is 0.283 e. The van der Waals surface area contributed by atoms with Crippen LogP contribution in [0.5, 0.6) is 0 Å². The summed E-state index contributed by atoms with van der Waals surface area (Å²) in [4.78, 5) is 18.5. The Kier molecular flexibility index (Phi) is 5.06. The van der Waals surface area contributed by atoms with Crippen LogP contribution in [0.2, 0.25) is 10.0 Å². The average Bonchev–Trinajstić information content (AvgIpc) is 3.41. The van der Waals surface area contributed by atoms with Gasteiger partial charge in [0.1, 0.15) is 17.4 Å².